The molecule has 5 nitrogen and oxygen atoms in total. The smallest absolute Gasteiger partial charge is 0.399 e. The minimum Gasteiger partial charge on any atom is -0.399 e. The molecule has 4 aliphatic carbocycles. The van der Waals surface area contributed by atoms with Crippen LogP contribution in [-0.4, -0.2) is 42.9 Å². The molecule has 2 aliphatic heterocycles. The van der Waals surface area contributed by atoms with Gasteiger partial charge in [-0.3, -0.25) is 0 Å². The van der Waals surface area contributed by atoms with Gasteiger partial charge in [0.15, 0.2) is 0 Å². The minimum atomic E-state index is -0.523. The molecule has 0 aromatic heterocycles. The molecular formula is C85H102B2BrLiO5. The van der Waals surface area contributed by atoms with Crippen molar-refractivity contribution in [3.05, 3.63) is 236 Å². The van der Waals surface area contributed by atoms with Gasteiger partial charge in [0.2, 0.25) is 0 Å². The van der Waals surface area contributed by atoms with Gasteiger partial charge in [-0.05, 0) is 214 Å². The topological polar surface area (TPSA) is 46.2 Å². The van der Waals surface area contributed by atoms with Gasteiger partial charge in [-0.15, -0.1) is 0 Å². The van der Waals surface area contributed by atoms with Crippen LogP contribution in [0.3, 0.4) is 0 Å². The zero-order valence-corrected chi connectivity index (χ0v) is 62.9. The molecule has 0 N–H and O–H groups in total. The molecule has 6 aliphatic rings. The van der Waals surface area contributed by atoms with Gasteiger partial charge in [-0.1, -0.05) is 264 Å². The van der Waals surface area contributed by atoms with Crippen molar-refractivity contribution in [2.45, 2.75) is 233 Å². The summed E-state index contributed by atoms with van der Waals surface area (Å²) in [7, 11) is -0.981. The van der Waals surface area contributed by atoms with Crippen molar-refractivity contribution in [2.24, 2.45) is 0 Å². The Morgan fingerprint density at radius 3 is 1.04 bits per heavy atom. The van der Waals surface area contributed by atoms with Crippen molar-refractivity contribution in [3.63, 3.8) is 0 Å². The van der Waals surface area contributed by atoms with E-state index in [1.165, 1.54) is 122 Å². The van der Waals surface area contributed by atoms with Crippen LogP contribution < -0.4 is 24.3 Å². The number of halogens is 1. The van der Waals surface area contributed by atoms with Crippen molar-refractivity contribution in [1.29, 1.82) is 0 Å². The predicted octanol–water partition coefficient (Wildman–Crippen LogP) is 18.9. The summed E-state index contributed by atoms with van der Waals surface area (Å²) in [4.78, 5) is 0. The summed E-state index contributed by atoms with van der Waals surface area (Å²) >= 11 is 4.01. The van der Waals surface area contributed by atoms with E-state index in [4.69, 9.17) is 23.3 Å². The zero-order valence-electron chi connectivity index (χ0n) is 61.3. The molecule has 9 heteroatoms. The number of hydrogen-bond donors (Lipinski definition) is 0. The van der Waals surface area contributed by atoms with E-state index in [1.54, 1.807) is 0 Å². The quantitative estimate of drug-likeness (QED) is 0.130. The Morgan fingerprint density at radius 1 is 0.404 bits per heavy atom. The van der Waals surface area contributed by atoms with Crippen molar-refractivity contribution in [2.75, 3.05) is 0 Å². The Hall–Kier alpha value is -5.23. The summed E-state index contributed by atoms with van der Waals surface area (Å²) in [5.41, 5.74) is 26.2. The van der Waals surface area contributed by atoms with Gasteiger partial charge in [-0.25, -0.2) is 0 Å². The fourth-order valence-electron chi connectivity index (χ4n) is 14.6. The van der Waals surface area contributed by atoms with Crippen molar-refractivity contribution in [1.82, 2.24) is 0 Å². The summed E-state index contributed by atoms with van der Waals surface area (Å²) in [6.07, 6.45) is 2.40. The summed E-state index contributed by atoms with van der Waals surface area (Å²) < 4.78 is 31.5. The first-order chi connectivity index (χ1) is 43.3. The van der Waals surface area contributed by atoms with E-state index in [0.717, 1.165) is 11.9 Å². The van der Waals surface area contributed by atoms with Crippen molar-refractivity contribution >= 4 is 35.8 Å². The van der Waals surface area contributed by atoms with Gasteiger partial charge in [0.1, 0.15) is 0 Å². The van der Waals surface area contributed by atoms with Crippen LogP contribution in [0.15, 0.2) is 162 Å². The molecule has 0 unspecified atom stereocenters. The second kappa shape index (κ2) is 24.9. The van der Waals surface area contributed by atoms with Crippen LogP contribution in [0.4, 0.5) is 0 Å². The van der Waals surface area contributed by atoms with Gasteiger partial charge in [0, 0.05) is 10.6 Å². The van der Waals surface area contributed by atoms with Crippen LogP contribution in [0.5, 0.6) is 0 Å². The maximum Gasteiger partial charge on any atom is 1.00 e. The molecule has 0 amide bonds. The fourth-order valence-corrected chi connectivity index (χ4v) is 15.2. The summed E-state index contributed by atoms with van der Waals surface area (Å²) in [6.45, 7) is 54.0. The molecule has 2 heterocycles. The standard InChI is InChI=1S/C39H43BO2.C33H31Br.C9H19BO3.C4H9.Li/c1-35(2,3)24-18-20-27-28-21-19-25(36(4,5)6)23-32(28)39(31(27)22-24)30-16-12-11-14-26(30)29-15-13-17-33(34(29)39)40-41-37(7,8)38(9,10)42-40;1-31(2,3)20-14-16-23-24-17-15-21(32(4,5)6)19-28(24)33(27(23)18-20)26-12-8-7-10-22(26)25-11-9-13-29(34)30(25)33;1-7(2)11-10-12-8(3,4)9(5,6)13-10;1-3-4-2;/h11-23H,1-10H3;7-19H,1-6H3;7H,1-6H3;1,3-4H2,2H3;/q;;;-1;+1. The van der Waals surface area contributed by atoms with E-state index in [9.17, 15) is 0 Å². The Kier molecular flexibility index (Phi) is 19.0. The second-order valence-corrected chi connectivity index (χ2v) is 34.1. The normalized spacial score (nSPS) is 17.9. The first-order valence-electron chi connectivity index (χ1n) is 34.2. The summed E-state index contributed by atoms with van der Waals surface area (Å²) in [6, 6.07) is 60.3. The molecule has 2 spiro atoms. The van der Waals surface area contributed by atoms with Gasteiger partial charge < -0.3 is 30.2 Å². The van der Waals surface area contributed by atoms with E-state index in [2.05, 4.69) is 298 Å². The van der Waals surface area contributed by atoms with Crippen LogP contribution in [0.2, 0.25) is 0 Å². The van der Waals surface area contributed by atoms with Crippen LogP contribution in [-0.2, 0) is 55.8 Å². The Labute approximate surface area is 587 Å². The Bertz CT molecular complexity index is 4020. The molecule has 8 aromatic rings. The third kappa shape index (κ3) is 11.9. The van der Waals surface area contributed by atoms with Crippen LogP contribution in [0.25, 0.3) is 44.5 Å². The van der Waals surface area contributed by atoms with E-state index < -0.39 is 31.1 Å². The molecule has 94 heavy (non-hydrogen) atoms. The molecule has 2 fully saturated rings. The summed E-state index contributed by atoms with van der Waals surface area (Å²) in [5.74, 6) is 0. The van der Waals surface area contributed by atoms with Crippen LogP contribution in [0.1, 0.15) is 239 Å². The molecule has 0 radical (unpaired) electrons. The fraction of sp³-hybridized carbons (Fsp3) is 0.424. The number of benzene rings is 8. The second-order valence-electron chi connectivity index (χ2n) is 33.2. The maximum absolute atomic E-state index is 6.79. The van der Waals surface area contributed by atoms with Crippen LogP contribution >= 0.6 is 15.9 Å². The molecule has 2 saturated heterocycles. The molecule has 0 saturated carbocycles. The average molecular weight is 1310 g/mol. The number of fused-ring (bicyclic) bond motifs is 20. The maximum atomic E-state index is 6.79. The largest absolute Gasteiger partial charge is 1.00 e. The zero-order chi connectivity index (χ0) is 67.8. The van der Waals surface area contributed by atoms with Crippen molar-refractivity contribution < 1.29 is 42.1 Å². The third-order valence-corrected chi connectivity index (χ3v) is 22.0. The van der Waals surface area contributed by atoms with Gasteiger partial charge in [0.25, 0.3) is 0 Å². The van der Waals surface area contributed by atoms with E-state index in [0.29, 0.717) is 0 Å². The van der Waals surface area contributed by atoms with E-state index in [-0.39, 0.29) is 63.2 Å². The number of rotatable bonds is 4. The first kappa shape index (κ1) is 71.5. The molecule has 486 valence electrons. The number of hydrogen-bond acceptors (Lipinski definition) is 5. The van der Waals surface area contributed by atoms with Crippen LogP contribution in [0, 0.1) is 6.92 Å². The van der Waals surface area contributed by atoms with E-state index in [1.807, 2.05) is 41.5 Å². The Balaban J connectivity index is 0.000000165. The van der Waals surface area contributed by atoms with Gasteiger partial charge >= 0.3 is 33.3 Å². The molecule has 14 rings (SSSR count). The minimum absolute atomic E-state index is 0. The number of unbranched alkanes of at least 4 members (excludes halogenated alkanes) is 1. The van der Waals surface area contributed by atoms with E-state index >= 15 is 0 Å². The third-order valence-electron chi connectivity index (χ3n) is 21.3. The summed E-state index contributed by atoms with van der Waals surface area (Å²) in [5, 5.41) is 0. The molecule has 0 bridgehead atoms. The molecule has 8 aromatic carbocycles. The Morgan fingerprint density at radius 2 is 0.702 bits per heavy atom. The predicted molar refractivity (Wildman–Crippen MR) is 396 cm³/mol. The molecule has 0 atom stereocenters. The monoisotopic (exact) mass is 1310 g/mol. The SMILES string of the molecule is CC(C)(C)c1ccc2c(c1)C1(c3cc(C(C)(C)C)ccc3-2)c2ccccc2-c2cccc(B3OC(C)(C)C(C)(C)O3)c21.CC(C)(C)c1ccc2c(c1)C1(c3cc(C(C)(C)C)ccc3-2)c2ccccc2-c2cccc(Br)c21.CC(C)OB1OC(C)(C)C(C)(C)O1.[CH2-]CCC.[Li+]. The van der Waals surface area contributed by atoms with Gasteiger partial charge in [0.05, 0.1) is 33.2 Å². The average Bonchev–Trinajstić information content (AvgIpc) is 1.51. The van der Waals surface area contributed by atoms with Gasteiger partial charge in [-0.2, -0.15) is 6.42 Å². The first-order valence-corrected chi connectivity index (χ1v) is 35.0. The molecular weight excluding hydrogens is 1210 g/mol. The van der Waals surface area contributed by atoms with Crippen molar-refractivity contribution in [3.8, 4) is 44.5 Å².